The van der Waals surface area contributed by atoms with Crippen molar-refractivity contribution in [1.82, 2.24) is 14.6 Å². The average molecular weight is 479 g/mol. The van der Waals surface area contributed by atoms with Crippen molar-refractivity contribution in [3.63, 3.8) is 0 Å². The fourth-order valence-electron chi connectivity index (χ4n) is 3.63. The fraction of sp³-hybridized carbons (Fsp3) is 0.208. The third kappa shape index (κ3) is 4.79. The van der Waals surface area contributed by atoms with Gasteiger partial charge in [0, 0.05) is 29.8 Å². The van der Waals surface area contributed by atoms with Gasteiger partial charge in [-0.25, -0.2) is 18.3 Å². The van der Waals surface area contributed by atoms with Crippen LogP contribution in [0, 0.1) is 17.0 Å². The molecular formula is C24H19F2N5O4. The number of non-ortho nitro benzene ring substituents is 1. The van der Waals surface area contributed by atoms with Crippen molar-refractivity contribution in [3.8, 4) is 11.5 Å². The van der Waals surface area contributed by atoms with Gasteiger partial charge in [0.1, 0.15) is 17.2 Å². The molecule has 0 bridgehead atoms. The number of ether oxygens (including phenoxy) is 1. The molecular weight excluding hydrogens is 460 g/mol. The molecule has 1 aliphatic rings. The van der Waals surface area contributed by atoms with E-state index in [9.17, 15) is 23.7 Å². The van der Waals surface area contributed by atoms with Gasteiger partial charge in [0.25, 0.3) is 18.0 Å². The molecule has 2 aromatic heterocycles. The molecule has 5 rings (SSSR count). The zero-order valence-corrected chi connectivity index (χ0v) is 18.4. The smallest absolute Gasteiger partial charge is 0.280 e. The summed E-state index contributed by atoms with van der Waals surface area (Å²) in [7, 11) is 0. The molecule has 1 saturated carbocycles. The summed E-state index contributed by atoms with van der Waals surface area (Å²) in [5.41, 5.74) is 0.999. The molecule has 1 N–H and O–H groups in total. The number of nitro groups is 1. The molecule has 4 aromatic rings. The molecule has 0 aliphatic heterocycles. The maximum Gasteiger partial charge on any atom is 0.280 e. The Bertz CT molecular complexity index is 1450. The Morgan fingerprint density at radius 2 is 1.89 bits per heavy atom. The molecule has 178 valence electrons. The van der Waals surface area contributed by atoms with Crippen molar-refractivity contribution in [2.45, 2.75) is 32.1 Å². The lowest BCUT2D eigenvalue weighted by Crippen LogP contribution is -2.13. The molecule has 0 radical (unpaired) electrons. The first-order valence-corrected chi connectivity index (χ1v) is 10.8. The van der Waals surface area contributed by atoms with E-state index in [1.165, 1.54) is 30.3 Å². The number of amides is 1. The summed E-state index contributed by atoms with van der Waals surface area (Å²) in [6, 6.07) is 13.5. The third-order valence-electron chi connectivity index (χ3n) is 5.54. The molecule has 0 unspecified atom stereocenters. The van der Waals surface area contributed by atoms with E-state index < -0.39 is 17.3 Å². The van der Waals surface area contributed by atoms with Gasteiger partial charge in [0.15, 0.2) is 11.3 Å². The van der Waals surface area contributed by atoms with E-state index in [4.69, 9.17) is 4.74 Å². The SMILES string of the molecule is Cc1ccc(Oc2cc(NC(=O)c3cc4nc(C5CC5)cc(C(F)F)n4n3)cc([N+](=O)[O-])c2)cc1. The summed E-state index contributed by atoms with van der Waals surface area (Å²) in [6.07, 6.45) is -1.03. The van der Waals surface area contributed by atoms with Gasteiger partial charge in [-0.3, -0.25) is 14.9 Å². The molecule has 2 aromatic carbocycles. The molecule has 2 heterocycles. The number of hydrogen-bond acceptors (Lipinski definition) is 6. The summed E-state index contributed by atoms with van der Waals surface area (Å²) in [5.74, 6) is 0.0156. The Morgan fingerprint density at radius 3 is 2.54 bits per heavy atom. The van der Waals surface area contributed by atoms with E-state index in [0.717, 1.165) is 22.9 Å². The number of aryl methyl sites for hydroxylation is 1. The normalized spacial score (nSPS) is 13.3. The van der Waals surface area contributed by atoms with Crippen LogP contribution in [0.1, 0.15) is 52.6 Å². The standard InChI is InChI=1S/C24H19F2N5O4/c1-13-2-6-17(7-3-13)35-18-9-15(8-16(10-18)31(33)34)27-24(32)20-12-22-28-19(14-4-5-14)11-21(23(25)26)30(22)29-20/h2-3,6-12,14,23H,4-5H2,1H3,(H,27,32). The second-order valence-corrected chi connectivity index (χ2v) is 8.32. The third-order valence-corrected chi connectivity index (χ3v) is 5.54. The Balaban J connectivity index is 1.44. The average Bonchev–Trinajstić information content (AvgIpc) is 3.58. The first kappa shape index (κ1) is 22.4. The van der Waals surface area contributed by atoms with E-state index in [1.54, 1.807) is 12.1 Å². The van der Waals surface area contributed by atoms with Crippen LogP contribution in [-0.2, 0) is 0 Å². The number of benzene rings is 2. The predicted molar refractivity (Wildman–Crippen MR) is 122 cm³/mol. The number of fused-ring (bicyclic) bond motifs is 1. The fourth-order valence-corrected chi connectivity index (χ4v) is 3.63. The highest BCUT2D eigenvalue weighted by molar-refractivity contribution is 6.03. The van der Waals surface area contributed by atoms with Gasteiger partial charge in [0.05, 0.1) is 16.7 Å². The van der Waals surface area contributed by atoms with Gasteiger partial charge in [-0.05, 0) is 38.0 Å². The van der Waals surface area contributed by atoms with Crippen LogP contribution in [0.5, 0.6) is 11.5 Å². The quantitative estimate of drug-likeness (QED) is 0.265. The minimum Gasteiger partial charge on any atom is -0.457 e. The van der Waals surface area contributed by atoms with Crippen LogP contribution in [0.4, 0.5) is 20.2 Å². The number of halogens is 2. The summed E-state index contributed by atoms with van der Waals surface area (Å²) in [4.78, 5) is 28.0. The van der Waals surface area contributed by atoms with Crippen molar-refractivity contribution in [2.24, 2.45) is 0 Å². The van der Waals surface area contributed by atoms with Crippen LogP contribution < -0.4 is 10.1 Å². The van der Waals surface area contributed by atoms with E-state index >= 15 is 0 Å². The minimum absolute atomic E-state index is 0.0871. The lowest BCUT2D eigenvalue weighted by Gasteiger charge is -2.09. The summed E-state index contributed by atoms with van der Waals surface area (Å²) >= 11 is 0. The second kappa shape index (κ2) is 8.75. The zero-order valence-electron chi connectivity index (χ0n) is 18.4. The number of carbonyl (C=O) groups excluding carboxylic acids is 1. The van der Waals surface area contributed by atoms with Crippen LogP contribution in [0.25, 0.3) is 5.65 Å². The number of rotatable bonds is 7. The Labute approximate surface area is 197 Å². The molecule has 35 heavy (non-hydrogen) atoms. The first-order chi connectivity index (χ1) is 16.8. The van der Waals surface area contributed by atoms with Crippen molar-refractivity contribution in [3.05, 3.63) is 87.4 Å². The van der Waals surface area contributed by atoms with E-state index in [0.29, 0.717) is 11.4 Å². The van der Waals surface area contributed by atoms with Gasteiger partial charge in [-0.1, -0.05) is 17.7 Å². The maximum absolute atomic E-state index is 13.6. The molecule has 9 nitrogen and oxygen atoms in total. The lowest BCUT2D eigenvalue weighted by atomic mass is 10.2. The van der Waals surface area contributed by atoms with Crippen molar-refractivity contribution in [2.75, 3.05) is 5.32 Å². The van der Waals surface area contributed by atoms with E-state index in [1.807, 2.05) is 19.1 Å². The predicted octanol–water partition coefficient (Wildman–Crippen LogP) is 5.81. The van der Waals surface area contributed by atoms with Crippen LogP contribution in [-0.4, -0.2) is 25.4 Å². The number of alkyl halides is 2. The monoisotopic (exact) mass is 479 g/mol. The number of carbonyl (C=O) groups is 1. The Kier molecular flexibility index (Phi) is 5.59. The van der Waals surface area contributed by atoms with Gasteiger partial charge in [0.2, 0.25) is 0 Å². The second-order valence-electron chi connectivity index (χ2n) is 8.32. The van der Waals surface area contributed by atoms with Crippen LogP contribution in [0.2, 0.25) is 0 Å². The summed E-state index contributed by atoms with van der Waals surface area (Å²) in [6.45, 7) is 1.91. The molecule has 11 heteroatoms. The van der Waals surface area contributed by atoms with Gasteiger partial charge < -0.3 is 10.1 Å². The molecule has 0 saturated heterocycles. The Hall–Kier alpha value is -4.41. The van der Waals surface area contributed by atoms with E-state index in [-0.39, 0.29) is 40.1 Å². The molecule has 1 aliphatic carbocycles. The van der Waals surface area contributed by atoms with Gasteiger partial charge in [-0.15, -0.1) is 0 Å². The van der Waals surface area contributed by atoms with Crippen LogP contribution in [0.15, 0.2) is 54.6 Å². The molecule has 1 fully saturated rings. The number of anilines is 1. The van der Waals surface area contributed by atoms with Crippen LogP contribution >= 0.6 is 0 Å². The maximum atomic E-state index is 13.6. The number of hydrogen-bond donors (Lipinski definition) is 1. The first-order valence-electron chi connectivity index (χ1n) is 10.8. The van der Waals surface area contributed by atoms with Crippen molar-refractivity contribution >= 4 is 22.9 Å². The lowest BCUT2D eigenvalue weighted by molar-refractivity contribution is -0.384. The van der Waals surface area contributed by atoms with Crippen LogP contribution in [0.3, 0.4) is 0 Å². The highest BCUT2D eigenvalue weighted by Crippen LogP contribution is 2.40. The highest BCUT2D eigenvalue weighted by atomic mass is 19.3. The summed E-state index contributed by atoms with van der Waals surface area (Å²) in [5, 5.41) is 17.9. The molecule has 0 atom stereocenters. The number of nitro benzene ring substituents is 1. The largest absolute Gasteiger partial charge is 0.457 e. The number of nitrogens with one attached hydrogen (secondary N) is 1. The van der Waals surface area contributed by atoms with E-state index in [2.05, 4.69) is 15.4 Å². The van der Waals surface area contributed by atoms with Gasteiger partial charge >= 0.3 is 0 Å². The number of aromatic nitrogens is 3. The molecule has 1 amide bonds. The summed E-state index contributed by atoms with van der Waals surface area (Å²) < 4.78 is 33.9. The minimum atomic E-state index is -2.80. The van der Waals surface area contributed by atoms with Crippen molar-refractivity contribution in [1.29, 1.82) is 0 Å². The molecule has 0 spiro atoms. The van der Waals surface area contributed by atoms with Crippen molar-refractivity contribution < 1.29 is 23.2 Å². The number of nitrogens with zero attached hydrogens (tertiary/aromatic N) is 4. The highest BCUT2D eigenvalue weighted by Gasteiger charge is 2.28. The zero-order chi connectivity index (χ0) is 24.7. The Morgan fingerprint density at radius 1 is 1.14 bits per heavy atom. The van der Waals surface area contributed by atoms with Gasteiger partial charge in [-0.2, -0.15) is 5.10 Å². The topological polar surface area (TPSA) is 112 Å².